The smallest absolute Gasteiger partial charge is 0.261 e. The zero-order valence-electron chi connectivity index (χ0n) is 9.35. The van der Waals surface area contributed by atoms with E-state index in [1.54, 1.807) is 0 Å². The molecule has 0 aromatic carbocycles. The van der Waals surface area contributed by atoms with Crippen molar-refractivity contribution in [2.45, 2.75) is 51.1 Å². The predicted molar refractivity (Wildman–Crippen MR) is 56.0 cm³/mol. The Kier molecular flexibility index (Phi) is 4.93. The fourth-order valence-corrected chi connectivity index (χ4v) is 2.26. The molecule has 15 heavy (non-hydrogen) atoms. The molecule has 1 rings (SSSR count). The minimum Gasteiger partial charge on any atom is -0.368 e. The molecule has 2 nitrogen and oxygen atoms in total. The van der Waals surface area contributed by atoms with Crippen LogP contribution in [0.2, 0.25) is 0 Å². The summed E-state index contributed by atoms with van der Waals surface area (Å²) in [6.45, 7) is 2.05. The molecule has 1 fully saturated rings. The molecule has 0 spiro atoms. The minimum atomic E-state index is -2.39. The molecule has 0 aromatic rings. The van der Waals surface area contributed by atoms with E-state index in [9.17, 15) is 8.78 Å². The van der Waals surface area contributed by atoms with Crippen LogP contribution in [-0.2, 0) is 4.74 Å². The van der Waals surface area contributed by atoms with Crippen molar-refractivity contribution < 1.29 is 13.5 Å². The summed E-state index contributed by atoms with van der Waals surface area (Å²) in [6.07, 6.45) is 2.53. The fourth-order valence-electron chi connectivity index (χ4n) is 2.26. The number of rotatable bonds is 5. The molecule has 0 aromatic heterocycles. The van der Waals surface area contributed by atoms with E-state index in [0.29, 0.717) is 6.54 Å². The Balaban J connectivity index is 2.41. The zero-order valence-corrected chi connectivity index (χ0v) is 9.35. The number of nitrogens with two attached hydrogens (primary N) is 1. The Morgan fingerprint density at radius 2 is 2.00 bits per heavy atom. The molecule has 4 heteroatoms. The second-order valence-corrected chi connectivity index (χ2v) is 4.44. The van der Waals surface area contributed by atoms with E-state index >= 15 is 0 Å². The van der Waals surface area contributed by atoms with Crippen molar-refractivity contribution in [3.05, 3.63) is 0 Å². The van der Waals surface area contributed by atoms with Crippen molar-refractivity contribution in [1.29, 1.82) is 0 Å². The summed E-state index contributed by atoms with van der Waals surface area (Å²) in [5.74, 6) is 0.722. The van der Waals surface area contributed by atoms with Crippen molar-refractivity contribution in [3.63, 3.8) is 0 Å². The second kappa shape index (κ2) is 5.75. The Morgan fingerprint density at radius 1 is 1.40 bits per heavy atom. The first kappa shape index (κ1) is 12.8. The summed E-state index contributed by atoms with van der Waals surface area (Å²) >= 11 is 0. The maximum absolute atomic E-state index is 12.1. The lowest BCUT2D eigenvalue weighted by Crippen LogP contribution is -2.44. The highest BCUT2D eigenvalue weighted by Crippen LogP contribution is 2.35. The third kappa shape index (κ3) is 3.68. The van der Waals surface area contributed by atoms with Gasteiger partial charge in [0.15, 0.2) is 0 Å². The van der Waals surface area contributed by atoms with Crippen LogP contribution in [0.3, 0.4) is 0 Å². The summed E-state index contributed by atoms with van der Waals surface area (Å²) < 4.78 is 29.4. The monoisotopic (exact) mass is 221 g/mol. The van der Waals surface area contributed by atoms with Crippen LogP contribution in [0.1, 0.15) is 39.0 Å². The van der Waals surface area contributed by atoms with Gasteiger partial charge in [0.25, 0.3) is 6.43 Å². The van der Waals surface area contributed by atoms with Crippen LogP contribution in [0.25, 0.3) is 0 Å². The summed E-state index contributed by atoms with van der Waals surface area (Å²) in [4.78, 5) is 0. The van der Waals surface area contributed by atoms with Crippen LogP contribution in [0.5, 0.6) is 0 Å². The average Bonchev–Trinajstić information content (AvgIpc) is 2.27. The molecule has 1 aliphatic rings. The van der Waals surface area contributed by atoms with Crippen molar-refractivity contribution in [2.24, 2.45) is 11.7 Å². The zero-order chi connectivity index (χ0) is 11.3. The molecule has 0 amide bonds. The van der Waals surface area contributed by atoms with Gasteiger partial charge in [0.2, 0.25) is 0 Å². The quantitative estimate of drug-likeness (QED) is 0.774. The number of hydrogen-bond acceptors (Lipinski definition) is 2. The molecule has 0 bridgehead atoms. The molecule has 0 heterocycles. The first-order valence-electron chi connectivity index (χ1n) is 5.74. The van der Waals surface area contributed by atoms with Gasteiger partial charge in [-0.15, -0.1) is 0 Å². The molecule has 0 atom stereocenters. The molecule has 0 saturated heterocycles. The largest absolute Gasteiger partial charge is 0.368 e. The highest BCUT2D eigenvalue weighted by Gasteiger charge is 2.35. The lowest BCUT2D eigenvalue weighted by Gasteiger charge is -2.39. The third-order valence-electron chi connectivity index (χ3n) is 3.48. The van der Waals surface area contributed by atoms with Gasteiger partial charge in [-0.05, 0) is 31.6 Å². The summed E-state index contributed by atoms with van der Waals surface area (Å²) in [6, 6.07) is 0. The van der Waals surface area contributed by atoms with Gasteiger partial charge in [-0.2, -0.15) is 0 Å². The van der Waals surface area contributed by atoms with Gasteiger partial charge in [0.1, 0.15) is 6.61 Å². The molecule has 0 aliphatic heterocycles. The van der Waals surface area contributed by atoms with Gasteiger partial charge in [0.05, 0.1) is 5.60 Å². The van der Waals surface area contributed by atoms with Gasteiger partial charge in [-0.25, -0.2) is 8.78 Å². The Labute approximate surface area is 90.2 Å². The minimum absolute atomic E-state index is 0.357. The summed E-state index contributed by atoms with van der Waals surface area (Å²) in [7, 11) is 0. The highest BCUT2D eigenvalue weighted by atomic mass is 19.3. The average molecular weight is 221 g/mol. The Bertz CT molecular complexity index is 179. The Hall–Kier alpha value is -0.220. The van der Waals surface area contributed by atoms with Crippen molar-refractivity contribution >= 4 is 0 Å². The fraction of sp³-hybridized carbons (Fsp3) is 1.00. The summed E-state index contributed by atoms with van der Waals surface area (Å²) in [5, 5.41) is 0. The van der Waals surface area contributed by atoms with Gasteiger partial charge in [0, 0.05) is 6.54 Å². The van der Waals surface area contributed by atoms with Gasteiger partial charge >= 0.3 is 0 Å². The van der Waals surface area contributed by atoms with E-state index in [1.807, 2.05) is 0 Å². The van der Waals surface area contributed by atoms with Crippen LogP contribution < -0.4 is 5.73 Å². The van der Waals surface area contributed by atoms with Gasteiger partial charge in [-0.3, -0.25) is 0 Å². The van der Waals surface area contributed by atoms with Crippen molar-refractivity contribution in [2.75, 3.05) is 13.2 Å². The van der Waals surface area contributed by atoms with E-state index in [0.717, 1.165) is 38.0 Å². The van der Waals surface area contributed by atoms with Crippen LogP contribution in [0, 0.1) is 5.92 Å². The normalized spacial score (nSPS) is 32.2. The van der Waals surface area contributed by atoms with E-state index in [-0.39, 0.29) is 0 Å². The molecule has 1 aliphatic carbocycles. The lowest BCUT2D eigenvalue weighted by atomic mass is 9.77. The van der Waals surface area contributed by atoms with Crippen LogP contribution in [0.4, 0.5) is 8.78 Å². The number of alkyl halides is 2. The first-order chi connectivity index (χ1) is 7.12. The number of ether oxygens (including phenoxy) is 1. The molecule has 90 valence electrons. The topological polar surface area (TPSA) is 35.2 Å². The van der Waals surface area contributed by atoms with Gasteiger partial charge in [-0.1, -0.05) is 13.3 Å². The standard InChI is InChI=1S/C11H21F2NO/c1-2-9-3-5-11(8-14,6-4-9)15-7-10(12)13/h9-10H,2-8,14H2,1H3. The molecular weight excluding hydrogens is 200 g/mol. The summed E-state index contributed by atoms with van der Waals surface area (Å²) in [5.41, 5.74) is 5.17. The predicted octanol–water partition coefficient (Wildman–Crippen LogP) is 2.57. The van der Waals surface area contributed by atoms with Crippen molar-refractivity contribution in [3.8, 4) is 0 Å². The van der Waals surface area contributed by atoms with Crippen LogP contribution in [-0.4, -0.2) is 25.2 Å². The number of halogens is 2. The SMILES string of the molecule is CCC1CCC(CN)(OCC(F)F)CC1. The first-order valence-corrected chi connectivity index (χ1v) is 5.74. The highest BCUT2D eigenvalue weighted by molar-refractivity contribution is 4.88. The van der Waals surface area contributed by atoms with Gasteiger partial charge < -0.3 is 10.5 Å². The van der Waals surface area contributed by atoms with Crippen molar-refractivity contribution in [1.82, 2.24) is 0 Å². The molecule has 0 unspecified atom stereocenters. The van der Waals surface area contributed by atoms with E-state index in [1.165, 1.54) is 0 Å². The maximum Gasteiger partial charge on any atom is 0.261 e. The van der Waals surface area contributed by atoms with E-state index in [4.69, 9.17) is 10.5 Å². The molecule has 2 N–H and O–H groups in total. The van der Waals surface area contributed by atoms with E-state index in [2.05, 4.69) is 6.92 Å². The van der Waals surface area contributed by atoms with Crippen LogP contribution in [0.15, 0.2) is 0 Å². The molecular formula is C11H21F2NO. The molecule has 0 radical (unpaired) electrons. The van der Waals surface area contributed by atoms with Crippen LogP contribution >= 0.6 is 0 Å². The Morgan fingerprint density at radius 3 is 2.40 bits per heavy atom. The number of hydrogen-bond donors (Lipinski definition) is 1. The molecule has 1 saturated carbocycles. The second-order valence-electron chi connectivity index (χ2n) is 4.44. The van der Waals surface area contributed by atoms with E-state index < -0.39 is 18.6 Å². The maximum atomic E-state index is 12.1. The third-order valence-corrected chi connectivity index (χ3v) is 3.48. The lowest BCUT2D eigenvalue weighted by molar-refractivity contribution is -0.107.